The number of nitrogens with zero attached hydrogens (tertiary/aromatic N) is 1. The van der Waals surface area contributed by atoms with E-state index in [9.17, 15) is 4.79 Å². The number of carbonyl (C=O) groups is 1. The number of hydrogen-bond donors (Lipinski definition) is 0. The molecule has 0 N–H and O–H groups in total. The fourth-order valence-corrected chi connectivity index (χ4v) is 3.24. The molecule has 0 spiro atoms. The summed E-state index contributed by atoms with van der Waals surface area (Å²) in [6.07, 6.45) is 19.7. The van der Waals surface area contributed by atoms with Gasteiger partial charge < -0.3 is 9.64 Å². The van der Waals surface area contributed by atoms with Gasteiger partial charge in [-0.05, 0) is 19.3 Å². The topological polar surface area (TPSA) is 29.5 Å². The normalized spacial score (nSPS) is 10.9. The SMILES string of the molecule is CCCCCCCCN(CCCCCCCC)C(=O)OCCCCCC. The Kier molecular flexibility index (Phi) is 20.0. The fraction of sp³-hybridized carbons (Fsp3) is 0.957. The van der Waals surface area contributed by atoms with Crippen molar-refractivity contribution in [3.63, 3.8) is 0 Å². The van der Waals surface area contributed by atoms with Crippen LogP contribution in [0, 0.1) is 0 Å². The van der Waals surface area contributed by atoms with E-state index in [0.29, 0.717) is 6.61 Å². The van der Waals surface area contributed by atoms with Gasteiger partial charge in [-0.25, -0.2) is 4.79 Å². The molecule has 0 aromatic heterocycles. The van der Waals surface area contributed by atoms with Crippen molar-refractivity contribution in [2.45, 2.75) is 124 Å². The first-order valence-corrected chi connectivity index (χ1v) is 11.7. The lowest BCUT2D eigenvalue weighted by Gasteiger charge is -2.22. The van der Waals surface area contributed by atoms with Crippen LogP contribution in [0.2, 0.25) is 0 Å². The van der Waals surface area contributed by atoms with Gasteiger partial charge in [-0.1, -0.05) is 104 Å². The Morgan fingerprint density at radius 1 is 0.577 bits per heavy atom. The summed E-state index contributed by atoms with van der Waals surface area (Å²) < 4.78 is 5.53. The van der Waals surface area contributed by atoms with Crippen molar-refractivity contribution < 1.29 is 9.53 Å². The summed E-state index contributed by atoms with van der Waals surface area (Å²) in [6, 6.07) is 0. The monoisotopic (exact) mass is 369 g/mol. The van der Waals surface area contributed by atoms with Gasteiger partial charge in [-0.15, -0.1) is 0 Å². The van der Waals surface area contributed by atoms with Gasteiger partial charge in [0.05, 0.1) is 6.61 Å². The summed E-state index contributed by atoms with van der Waals surface area (Å²) in [6.45, 7) is 9.03. The Labute approximate surface area is 164 Å². The molecule has 0 saturated heterocycles. The second-order valence-corrected chi connectivity index (χ2v) is 7.70. The summed E-state index contributed by atoms with van der Waals surface area (Å²) in [5.74, 6) is 0. The molecular formula is C23H47NO2. The van der Waals surface area contributed by atoms with Crippen LogP contribution in [-0.2, 0) is 4.74 Å². The summed E-state index contributed by atoms with van der Waals surface area (Å²) >= 11 is 0. The molecule has 0 atom stereocenters. The minimum absolute atomic E-state index is 0.0800. The molecule has 0 saturated carbocycles. The molecule has 0 aliphatic carbocycles. The predicted molar refractivity (Wildman–Crippen MR) is 114 cm³/mol. The maximum atomic E-state index is 12.4. The van der Waals surface area contributed by atoms with Gasteiger partial charge in [-0.2, -0.15) is 0 Å². The average Bonchev–Trinajstić information content (AvgIpc) is 2.65. The highest BCUT2D eigenvalue weighted by Crippen LogP contribution is 2.10. The van der Waals surface area contributed by atoms with Gasteiger partial charge in [0.2, 0.25) is 0 Å². The van der Waals surface area contributed by atoms with E-state index in [2.05, 4.69) is 20.8 Å². The first-order valence-electron chi connectivity index (χ1n) is 11.7. The number of ether oxygens (including phenoxy) is 1. The van der Waals surface area contributed by atoms with Gasteiger partial charge >= 0.3 is 6.09 Å². The van der Waals surface area contributed by atoms with Crippen molar-refractivity contribution in [2.24, 2.45) is 0 Å². The lowest BCUT2D eigenvalue weighted by Crippen LogP contribution is -2.33. The van der Waals surface area contributed by atoms with Crippen LogP contribution in [0.5, 0.6) is 0 Å². The Bertz CT molecular complexity index is 278. The average molecular weight is 370 g/mol. The number of carbonyl (C=O) groups excluding carboxylic acids is 1. The van der Waals surface area contributed by atoms with Crippen molar-refractivity contribution in [1.82, 2.24) is 4.90 Å². The van der Waals surface area contributed by atoms with E-state index in [-0.39, 0.29) is 6.09 Å². The largest absolute Gasteiger partial charge is 0.449 e. The van der Waals surface area contributed by atoms with E-state index in [1.165, 1.54) is 83.5 Å². The Hall–Kier alpha value is -0.730. The van der Waals surface area contributed by atoms with Crippen molar-refractivity contribution >= 4 is 6.09 Å². The Balaban J connectivity index is 4.02. The highest BCUT2D eigenvalue weighted by Gasteiger charge is 2.14. The van der Waals surface area contributed by atoms with Crippen LogP contribution in [0.25, 0.3) is 0 Å². The molecule has 0 fully saturated rings. The van der Waals surface area contributed by atoms with E-state index in [0.717, 1.165) is 32.4 Å². The van der Waals surface area contributed by atoms with Crippen LogP contribution in [0.15, 0.2) is 0 Å². The zero-order chi connectivity index (χ0) is 19.3. The minimum atomic E-state index is -0.0800. The summed E-state index contributed by atoms with van der Waals surface area (Å²) in [5.41, 5.74) is 0. The molecular weight excluding hydrogens is 322 g/mol. The highest BCUT2D eigenvalue weighted by molar-refractivity contribution is 5.67. The van der Waals surface area contributed by atoms with E-state index in [4.69, 9.17) is 4.74 Å². The van der Waals surface area contributed by atoms with Crippen molar-refractivity contribution in [3.05, 3.63) is 0 Å². The van der Waals surface area contributed by atoms with Crippen molar-refractivity contribution in [2.75, 3.05) is 19.7 Å². The number of hydrogen-bond acceptors (Lipinski definition) is 2. The summed E-state index contributed by atoms with van der Waals surface area (Å²) in [5, 5.41) is 0. The zero-order valence-corrected chi connectivity index (χ0v) is 18.2. The molecule has 156 valence electrons. The van der Waals surface area contributed by atoms with E-state index in [1.54, 1.807) is 0 Å². The molecule has 0 radical (unpaired) electrons. The molecule has 0 heterocycles. The second kappa shape index (κ2) is 20.6. The van der Waals surface area contributed by atoms with Crippen LogP contribution in [-0.4, -0.2) is 30.7 Å². The maximum Gasteiger partial charge on any atom is 0.409 e. The maximum absolute atomic E-state index is 12.4. The zero-order valence-electron chi connectivity index (χ0n) is 18.2. The molecule has 1 amide bonds. The van der Waals surface area contributed by atoms with Gasteiger partial charge in [0, 0.05) is 13.1 Å². The molecule has 0 bridgehead atoms. The number of amides is 1. The third kappa shape index (κ3) is 16.7. The standard InChI is InChI=1S/C23H47NO2/c1-4-7-10-13-15-17-20-24(21-18-16-14-11-8-5-2)23(25)26-22-19-12-9-6-3/h4-22H2,1-3H3. The van der Waals surface area contributed by atoms with Gasteiger partial charge in [0.25, 0.3) is 0 Å². The van der Waals surface area contributed by atoms with Crippen LogP contribution in [0.1, 0.15) is 124 Å². The van der Waals surface area contributed by atoms with Crippen LogP contribution < -0.4 is 0 Å². The van der Waals surface area contributed by atoms with Crippen LogP contribution >= 0.6 is 0 Å². The molecule has 0 aliphatic rings. The number of unbranched alkanes of at least 4 members (excludes halogenated alkanes) is 13. The highest BCUT2D eigenvalue weighted by atomic mass is 16.6. The lowest BCUT2D eigenvalue weighted by molar-refractivity contribution is 0.0990. The molecule has 0 rings (SSSR count). The minimum Gasteiger partial charge on any atom is -0.449 e. The molecule has 0 aliphatic heterocycles. The first kappa shape index (κ1) is 25.3. The smallest absolute Gasteiger partial charge is 0.409 e. The third-order valence-corrected chi connectivity index (χ3v) is 5.04. The fourth-order valence-electron chi connectivity index (χ4n) is 3.24. The molecule has 0 aromatic carbocycles. The van der Waals surface area contributed by atoms with Gasteiger partial charge in [-0.3, -0.25) is 0 Å². The molecule has 3 nitrogen and oxygen atoms in total. The molecule has 3 heteroatoms. The van der Waals surface area contributed by atoms with Crippen molar-refractivity contribution in [1.29, 1.82) is 0 Å². The third-order valence-electron chi connectivity index (χ3n) is 5.04. The molecule has 0 unspecified atom stereocenters. The second-order valence-electron chi connectivity index (χ2n) is 7.70. The van der Waals surface area contributed by atoms with Crippen LogP contribution in [0.4, 0.5) is 4.79 Å². The first-order chi connectivity index (χ1) is 12.8. The van der Waals surface area contributed by atoms with Crippen molar-refractivity contribution in [3.8, 4) is 0 Å². The quantitative estimate of drug-likeness (QED) is 0.218. The lowest BCUT2D eigenvalue weighted by atomic mass is 10.1. The van der Waals surface area contributed by atoms with E-state index >= 15 is 0 Å². The Morgan fingerprint density at radius 3 is 1.42 bits per heavy atom. The molecule has 0 aromatic rings. The van der Waals surface area contributed by atoms with Gasteiger partial charge in [0.1, 0.15) is 0 Å². The van der Waals surface area contributed by atoms with Crippen LogP contribution in [0.3, 0.4) is 0 Å². The summed E-state index contributed by atoms with van der Waals surface area (Å²) in [7, 11) is 0. The van der Waals surface area contributed by atoms with E-state index < -0.39 is 0 Å². The Morgan fingerprint density at radius 2 is 0.962 bits per heavy atom. The summed E-state index contributed by atoms with van der Waals surface area (Å²) in [4.78, 5) is 14.4. The predicted octanol–water partition coefficient (Wildman–Crippen LogP) is 7.73. The number of rotatable bonds is 19. The van der Waals surface area contributed by atoms with E-state index in [1.807, 2.05) is 4.90 Å². The molecule has 26 heavy (non-hydrogen) atoms. The van der Waals surface area contributed by atoms with Gasteiger partial charge in [0.15, 0.2) is 0 Å².